The van der Waals surface area contributed by atoms with Gasteiger partial charge in [0.2, 0.25) is 5.82 Å². The maximum Gasteiger partial charge on any atom is 0.280 e. The van der Waals surface area contributed by atoms with Crippen LogP contribution in [0.4, 0.5) is 8.78 Å². The van der Waals surface area contributed by atoms with Gasteiger partial charge >= 0.3 is 0 Å². The van der Waals surface area contributed by atoms with Crippen molar-refractivity contribution in [3.8, 4) is 22.2 Å². The third-order valence-electron chi connectivity index (χ3n) is 3.03. The highest BCUT2D eigenvalue weighted by Gasteiger charge is 2.17. The van der Waals surface area contributed by atoms with E-state index in [1.807, 2.05) is 13.8 Å². The van der Waals surface area contributed by atoms with Gasteiger partial charge in [0.25, 0.3) is 12.3 Å². The molecule has 0 saturated carbocycles. The first-order chi connectivity index (χ1) is 10.6. The lowest BCUT2D eigenvalue weighted by molar-refractivity contribution is 0.146. The van der Waals surface area contributed by atoms with Crippen LogP contribution in [0.2, 0.25) is 0 Å². The first-order valence-electron chi connectivity index (χ1n) is 6.63. The Morgan fingerprint density at radius 3 is 2.68 bits per heavy atom. The van der Waals surface area contributed by atoms with Crippen molar-refractivity contribution >= 4 is 11.3 Å². The molecule has 0 spiro atoms. The van der Waals surface area contributed by atoms with Crippen LogP contribution in [0.1, 0.15) is 29.7 Å². The zero-order valence-corrected chi connectivity index (χ0v) is 12.7. The van der Waals surface area contributed by atoms with E-state index in [4.69, 9.17) is 4.52 Å². The van der Waals surface area contributed by atoms with Crippen LogP contribution < -0.4 is 0 Å². The average Bonchev–Trinajstić information content (AvgIpc) is 3.13. The van der Waals surface area contributed by atoms with Crippen molar-refractivity contribution < 1.29 is 13.3 Å². The van der Waals surface area contributed by atoms with E-state index in [0.29, 0.717) is 17.3 Å². The lowest BCUT2D eigenvalue weighted by Gasteiger charge is -1.98. The van der Waals surface area contributed by atoms with Crippen molar-refractivity contribution in [1.82, 2.24) is 20.1 Å². The van der Waals surface area contributed by atoms with Gasteiger partial charge in [-0.15, -0.1) is 11.3 Å². The van der Waals surface area contributed by atoms with Gasteiger partial charge in [-0.25, -0.2) is 13.8 Å². The molecule has 0 aliphatic heterocycles. The van der Waals surface area contributed by atoms with E-state index in [1.165, 1.54) is 29.7 Å². The highest BCUT2D eigenvalue weighted by atomic mass is 32.1. The Balaban J connectivity index is 1.91. The molecule has 0 fully saturated rings. The topological polar surface area (TPSA) is 64.7 Å². The highest BCUT2D eigenvalue weighted by molar-refractivity contribution is 7.15. The van der Waals surface area contributed by atoms with Gasteiger partial charge in [0, 0.05) is 11.8 Å². The Kier molecular flexibility index (Phi) is 3.93. The largest absolute Gasteiger partial charge is 0.333 e. The van der Waals surface area contributed by atoms with Crippen molar-refractivity contribution in [2.24, 2.45) is 0 Å². The average molecular weight is 322 g/mol. The summed E-state index contributed by atoms with van der Waals surface area (Å²) in [5.74, 6) is 0.691. The summed E-state index contributed by atoms with van der Waals surface area (Å²) in [6.45, 7) is 3.91. The van der Waals surface area contributed by atoms with Crippen LogP contribution in [0, 0.1) is 6.92 Å². The van der Waals surface area contributed by atoms with Gasteiger partial charge in [0.1, 0.15) is 10.6 Å². The van der Waals surface area contributed by atoms with Gasteiger partial charge in [0.15, 0.2) is 0 Å². The molecule has 0 bridgehead atoms. The Hall–Kier alpha value is -2.22. The Morgan fingerprint density at radius 1 is 1.27 bits per heavy atom. The number of aromatic nitrogens is 4. The van der Waals surface area contributed by atoms with E-state index in [0.717, 1.165) is 22.0 Å². The number of rotatable bonds is 4. The van der Waals surface area contributed by atoms with Crippen LogP contribution in [0.25, 0.3) is 22.2 Å². The molecule has 0 N–H and O–H groups in total. The molecule has 3 heterocycles. The van der Waals surface area contributed by atoms with Gasteiger partial charge in [-0.2, -0.15) is 4.98 Å². The van der Waals surface area contributed by atoms with Crippen molar-refractivity contribution in [3.05, 3.63) is 34.7 Å². The van der Waals surface area contributed by atoms with Gasteiger partial charge in [0.05, 0.1) is 10.7 Å². The maximum absolute atomic E-state index is 12.5. The summed E-state index contributed by atoms with van der Waals surface area (Å²) in [4.78, 5) is 13.2. The summed E-state index contributed by atoms with van der Waals surface area (Å²) in [6, 6.07) is 2.75. The molecule has 0 radical (unpaired) electrons. The molecule has 5 nitrogen and oxygen atoms in total. The van der Waals surface area contributed by atoms with Crippen LogP contribution in [-0.4, -0.2) is 20.1 Å². The fraction of sp³-hybridized carbons (Fsp3) is 0.286. The Labute approximate surface area is 129 Å². The molecule has 3 aromatic rings. The summed E-state index contributed by atoms with van der Waals surface area (Å²) >= 11 is 1.51. The molecular weight excluding hydrogens is 310 g/mol. The fourth-order valence-corrected chi connectivity index (χ4v) is 2.83. The lowest BCUT2D eigenvalue weighted by atomic mass is 10.2. The van der Waals surface area contributed by atoms with Gasteiger partial charge < -0.3 is 4.52 Å². The predicted molar refractivity (Wildman–Crippen MR) is 77.7 cm³/mol. The number of aryl methyl sites for hydroxylation is 2. The maximum atomic E-state index is 12.5. The molecule has 0 atom stereocenters. The second-order valence-electron chi connectivity index (χ2n) is 4.57. The van der Waals surface area contributed by atoms with Crippen LogP contribution in [0.3, 0.4) is 0 Å². The minimum absolute atomic E-state index is 0.279. The molecular formula is C14H12F2N4OS. The minimum atomic E-state index is -2.60. The zero-order chi connectivity index (χ0) is 15.7. The van der Waals surface area contributed by atoms with E-state index < -0.39 is 6.43 Å². The number of hydrogen-bond donors (Lipinski definition) is 0. The molecule has 0 aliphatic carbocycles. The molecule has 8 heteroatoms. The number of halogens is 2. The number of thiazole rings is 1. The number of hydrogen-bond acceptors (Lipinski definition) is 6. The SMILES string of the molecule is CCc1nc(C)c(-c2nc(-c3ccc(C(F)F)nc3)no2)s1. The molecule has 114 valence electrons. The second-order valence-corrected chi connectivity index (χ2v) is 5.65. The van der Waals surface area contributed by atoms with Crippen LogP contribution in [-0.2, 0) is 6.42 Å². The van der Waals surface area contributed by atoms with Gasteiger partial charge in [-0.3, -0.25) is 4.98 Å². The van der Waals surface area contributed by atoms with E-state index in [1.54, 1.807) is 0 Å². The summed E-state index contributed by atoms with van der Waals surface area (Å²) in [5, 5.41) is 4.87. The number of nitrogens with zero attached hydrogens (tertiary/aromatic N) is 4. The summed E-state index contributed by atoms with van der Waals surface area (Å²) < 4.78 is 30.2. The normalized spacial score (nSPS) is 11.3. The van der Waals surface area contributed by atoms with Crippen LogP contribution >= 0.6 is 11.3 Å². The van der Waals surface area contributed by atoms with Crippen molar-refractivity contribution in [2.75, 3.05) is 0 Å². The highest BCUT2D eigenvalue weighted by Crippen LogP contribution is 2.30. The standard InChI is InChI=1S/C14H12F2N4OS/c1-3-10-18-7(2)11(22-10)14-19-13(20-21-14)8-4-5-9(12(15)16)17-6-8/h4-6,12H,3H2,1-2H3. The zero-order valence-electron chi connectivity index (χ0n) is 11.9. The first kappa shape index (κ1) is 14.7. The minimum Gasteiger partial charge on any atom is -0.333 e. The first-order valence-corrected chi connectivity index (χ1v) is 7.45. The molecule has 3 rings (SSSR count). The molecule has 0 aromatic carbocycles. The summed E-state index contributed by atoms with van der Waals surface area (Å²) in [5.41, 5.74) is 1.08. The van der Waals surface area contributed by atoms with Gasteiger partial charge in [-0.1, -0.05) is 12.1 Å². The quantitative estimate of drug-likeness (QED) is 0.724. The third kappa shape index (κ3) is 2.74. The Morgan fingerprint density at radius 2 is 2.09 bits per heavy atom. The molecule has 22 heavy (non-hydrogen) atoms. The molecule has 0 saturated heterocycles. The van der Waals surface area contributed by atoms with E-state index >= 15 is 0 Å². The number of alkyl halides is 2. The fourth-order valence-electron chi connectivity index (χ4n) is 1.90. The van der Waals surface area contributed by atoms with Crippen LogP contribution in [0.15, 0.2) is 22.9 Å². The molecule has 3 aromatic heterocycles. The van der Waals surface area contributed by atoms with Crippen molar-refractivity contribution in [1.29, 1.82) is 0 Å². The van der Waals surface area contributed by atoms with E-state index in [-0.39, 0.29) is 5.69 Å². The van der Waals surface area contributed by atoms with Crippen LogP contribution in [0.5, 0.6) is 0 Å². The molecule has 0 unspecified atom stereocenters. The van der Waals surface area contributed by atoms with Crippen molar-refractivity contribution in [3.63, 3.8) is 0 Å². The lowest BCUT2D eigenvalue weighted by Crippen LogP contribution is -1.90. The predicted octanol–water partition coefficient (Wildman–Crippen LogP) is 4.06. The number of pyridine rings is 1. The summed E-state index contributed by atoms with van der Waals surface area (Å²) in [7, 11) is 0. The van der Waals surface area contributed by atoms with E-state index in [9.17, 15) is 8.78 Å². The summed E-state index contributed by atoms with van der Waals surface area (Å²) in [6.07, 6.45) is -0.444. The Bertz CT molecular complexity index is 782. The van der Waals surface area contributed by atoms with Crippen molar-refractivity contribution in [2.45, 2.75) is 26.7 Å². The third-order valence-corrected chi connectivity index (χ3v) is 4.32. The monoisotopic (exact) mass is 322 g/mol. The van der Waals surface area contributed by atoms with E-state index in [2.05, 4.69) is 20.1 Å². The van der Waals surface area contributed by atoms with Gasteiger partial charge in [-0.05, 0) is 25.5 Å². The molecule has 0 amide bonds. The second kappa shape index (κ2) is 5.88. The molecule has 0 aliphatic rings. The smallest absolute Gasteiger partial charge is 0.280 e.